The summed E-state index contributed by atoms with van der Waals surface area (Å²) in [6.07, 6.45) is 5.24. The van der Waals surface area contributed by atoms with E-state index in [1.165, 1.54) is 44.5 Å². The summed E-state index contributed by atoms with van der Waals surface area (Å²) >= 11 is 0. The lowest BCUT2D eigenvalue weighted by atomic mass is 9.97. The predicted octanol–water partition coefficient (Wildman–Crippen LogP) is 2.19. The van der Waals surface area contributed by atoms with Crippen molar-refractivity contribution >= 4 is 5.69 Å². The van der Waals surface area contributed by atoms with Gasteiger partial charge in [0.2, 0.25) is 0 Å². The third-order valence-electron chi connectivity index (χ3n) is 3.86. The molecule has 2 aliphatic rings. The highest BCUT2D eigenvalue weighted by Crippen LogP contribution is 2.29. The van der Waals surface area contributed by atoms with Crippen molar-refractivity contribution in [3.05, 3.63) is 29.8 Å². The average Bonchev–Trinajstić information content (AvgIpc) is 2.39. The molecule has 0 amide bonds. The molecule has 2 heteroatoms. The van der Waals surface area contributed by atoms with Crippen LogP contribution in [0.3, 0.4) is 0 Å². The monoisotopic (exact) mass is 216 g/mol. The molecule has 0 saturated carbocycles. The number of hydrogen-bond acceptors (Lipinski definition) is 2. The van der Waals surface area contributed by atoms with Crippen molar-refractivity contribution in [3.8, 4) is 0 Å². The fourth-order valence-corrected chi connectivity index (χ4v) is 3.04. The van der Waals surface area contributed by atoms with E-state index in [9.17, 15) is 0 Å². The summed E-state index contributed by atoms with van der Waals surface area (Å²) in [5, 5.41) is 3.52. The van der Waals surface area contributed by atoms with Gasteiger partial charge in [-0.15, -0.1) is 0 Å². The van der Waals surface area contributed by atoms with Gasteiger partial charge in [0.05, 0.1) is 0 Å². The first kappa shape index (κ1) is 10.2. The maximum atomic E-state index is 3.52. The fraction of sp³-hybridized carbons (Fsp3) is 0.571. The Hall–Kier alpha value is -1.02. The second-order valence-corrected chi connectivity index (χ2v) is 4.93. The number of rotatable bonds is 1. The number of hydrogen-bond donors (Lipinski definition) is 1. The molecule has 1 saturated heterocycles. The lowest BCUT2D eigenvalue weighted by Crippen LogP contribution is -2.48. The standard InChI is InChI=1S/C14H20N2/c1-2-8-14-12(5-1)6-4-10-16(14)13-7-3-9-15-11-13/h1-2,5,8,13,15H,3-4,6-7,9-11H2. The first-order chi connectivity index (χ1) is 7.95. The van der Waals surface area contributed by atoms with Crippen LogP contribution in [0.25, 0.3) is 0 Å². The quantitative estimate of drug-likeness (QED) is 0.774. The zero-order valence-electron chi connectivity index (χ0n) is 9.78. The van der Waals surface area contributed by atoms with E-state index in [2.05, 4.69) is 34.5 Å². The topological polar surface area (TPSA) is 15.3 Å². The van der Waals surface area contributed by atoms with Crippen molar-refractivity contribution in [2.24, 2.45) is 0 Å². The van der Waals surface area contributed by atoms with Crippen LogP contribution in [0, 0.1) is 0 Å². The summed E-state index contributed by atoms with van der Waals surface area (Å²) in [4.78, 5) is 2.63. The predicted molar refractivity (Wildman–Crippen MR) is 68.0 cm³/mol. The number of para-hydroxylation sites is 1. The van der Waals surface area contributed by atoms with Crippen LogP contribution in [0.15, 0.2) is 24.3 Å². The lowest BCUT2D eigenvalue weighted by Gasteiger charge is -2.40. The number of fused-ring (bicyclic) bond motifs is 1. The SMILES string of the molecule is c1ccc2c(c1)CCCN2C1CCCNC1. The molecular weight excluding hydrogens is 196 g/mol. The molecule has 2 aliphatic heterocycles. The molecule has 1 aromatic carbocycles. The van der Waals surface area contributed by atoms with Gasteiger partial charge in [0.15, 0.2) is 0 Å². The maximum Gasteiger partial charge on any atom is 0.0415 e. The highest BCUT2D eigenvalue weighted by Gasteiger charge is 2.24. The summed E-state index contributed by atoms with van der Waals surface area (Å²) in [7, 11) is 0. The molecule has 2 heterocycles. The number of piperidine rings is 1. The molecule has 0 spiro atoms. The van der Waals surface area contributed by atoms with E-state index in [-0.39, 0.29) is 0 Å². The largest absolute Gasteiger partial charge is 0.367 e. The van der Waals surface area contributed by atoms with Crippen LogP contribution >= 0.6 is 0 Å². The lowest BCUT2D eigenvalue weighted by molar-refractivity contribution is 0.424. The molecule has 3 rings (SSSR count). The molecule has 1 atom stereocenters. The normalized spacial score (nSPS) is 25.2. The summed E-state index contributed by atoms with van der Waals surface area (Å²) in [5.74, 6) is 0. The van der Waals surface area contributed by atoms with Crippen molar-refractivity contribution < 1.29 is 0 Å². The minimum Gasteiger partial charge on any atom is -0.367 e. The van der Waals surface area contributed by atoms with Gasteiger partial charge in [-0.3, -0.25) is 0 Å². The number of anilines is 1. The van der Waals surface area contributed by atoms with Crippen LogP contribution in [0.2, 0.25) is 0 Å². The molecular formula is C14H20N2. The van der Waals surface area contributed by atoms with E-state index in [4.69, 9.17) is 0 Å². The Balaban J connectivity index is 1.86. The summed E-state index contributed by atoms with van der Waals surface area (Å²) < 4.78 is 0. The molecule has 86 valence electrons. The first-order valence-corrected chi connectivity index (χ1v) is 6.50. The first-order valence-electron chi connectivity index (χ1n) is 6.50. The molecule has 2 nitrogen and oxygen atoms in total. The molecule has 1 aromatic rings. The van der Waals surface area contributed by atoms with E-state index >= 15 is 0 Å². The van der Waals surface area contributed by atoms with Crippen LogP contribution in [-0.2, 0) is 6.42 Å². The van der Waals surface area contributed by atoms with E-state index in [1.54, 1.807) is 5.56 Å². The van der Waals surface area contributed by atoms with Crippen molar-refractivity contribution in [2.75, 3.05) is 24.5 Å². The summed E-state index contributed by atoms with van der Waals surface area (Å²) in [6, 6.07) is 9.64. The number of nitrogens with one attached hydrogen (secondary N) is 1. The van der Waals surface area contributed by atoms with Crippen LogP contribution in [-0.4, -0.2) is 25.7 Å². The molecule has 0 radical (unpaired) electrons. The van der Waals surface area contributed by atoms with Crippen LogP contribution in [0.1, 0.15) is 24.8 Å². The van der Waals surface area contributed by atoms with Crippen LogP contribution < -0.4 is 10.2 Å². The van der Waals surface area contributed by atoms with Gasteiger partial charge in [0, 0.05) is 24.8 Å². The fourth-order valence-electron chi connectivity index (χ4n) is 3.04. The zero-order valence-corrected chi connectivity index (χ0v) is 9.78. The van der Waals surface area contributed by atoms with Gasteiger partial charge in [-0.05, 0) is 43.9 Å². The number of aryl methyl sites for hydroxylation is 1. The van der Waals surface area contributed by atoms with Gasteiger partial charge in [0.1, 0.15) is 0 Å². The third-order valence-corrected chi connectivity index (χ3v) is 3.86. The summed E-state index contributed by atoms with van der Waals surface area (Å²) in [6.45, 7) is 3.60. The molecule has 0 aromatic heterocycles. The molecule has 1 N–H and O–H groups in total. The Morgan fingerprint density at radius 3 is 3.00 bits per heavy atom. The number of nitrogens with zero attached hydrogens (tertiary/aromatic N) is 1. The Bertz CT molecular complexity index is 356. The molecule has 0 bridgehead atoms. The maximum absolute atomic E-state index is 3.52. The van der Waals surface area contributed by atoms with Crippen molar-refractivity contribution in [3.63, 3.8) is 0 Å². The Labute approximate surface area is 97.6 Å². The second-order valence-electron chi connectivity index (χ2n) is 4.93. The van der Waals surface area contributed by atoms with Gasteiger partial charge < -0.3 is 10.2 Å². The Kier molecular flexibility index (Phi) is 2.83. The zero-order chi connectivity index (χ0) is 10.8. The van der Waals surface area contributed by atoms with E-state index in [1.807, 2.05) is 0 Å². The van der Waals surface area contributed by atoms with Crippen LogP contribution in [0.5, 0.6) is 0 Å². The molecule has 1 fully saturated rings. The van der Waals surface area contributed by atoms with Gasteiger partial charge in [0.25, 0.3) is 0 Å². The van der Waals surface area contributed by atoms with Gasteiger partial charge in [-0.25, -0.2) is 0 Å². The van der Waals surface area contributed by atoms with Gasteiger partial charge >= 0.3 is 0 Å². The summed E-state index contributed by atoms with van der Waals surface area (Å²) in [5.41, 5.74) is 3.03. The molecule has 16 heavy (non-hydrogen) atoms. The van der Waals surface area contributed by atoms with E-state index < -0.39 is 0 Å². The third kappa shape index (κ3) is 1.82. The van der Waals surface area contributed by atoms with Gasteiger partial charge in [-0.1, -0.05) is 18.2 Å². The number of benzene rings is 1. The minimum atomic E-state index is 0.718. The van der Waals surface area contributed by atoms with Crippen molar-refractivity contribution in [1.82, 2.24) is 5.32 Å². The minimum absolute atomic E-state index is 0.718. The highest BCUT2D eigenvalue weighted by molar-refractivity contribution is 5.56. The Morgan fingerprint density at radius 1 is 1.19 bits per heavy atom. The molecule has 1 unspecified atom stereocenters. The van der Waals surface area contributed by atoms with E-state index in [0.29, 0.717) is 0 Å². The highest BCUT2D eigenvalue weighted by atomic mass is 15.2. The van der Waals surface area contributed by atoms with Crippen molar-refractivity contribution in [1.29, 1.82) is 0 Å². The van der Waals surface area contributed by atoms with Crippen LogP contribution in [0.4, 0.5) is 5.69 Å². The smallest absolute Gasteiger partial charge is 0.0415 e. The van der Waals surface area contributed by atoms with E-state index in [0.717, 1.165) is 12.6 Å². The Morgan fingerprint density at radius 2 is 2.12 bits per heavy atom. The average molecular weight is 216 g/mol. The molecule has 0 aliphatic carbocycles. The van der Waals surface area contributed by atoms with Crippen molar-refractivity contribution in [2.45, 2.75) is 31.7 Å². The second kappa shape index (κ2) is 4.46. The van der Waals surface area contributed by atoms with Gasteiger partial charge in [-0.2, -0.15) is 0 Å².